The number of urea groups is 1. The third-order valence-electron chi connectivity index (χ3n) is 3.59. The summed E-state index contributed by atoms with van der Waals surface area (Å²) >= 11 is 0. The van der Waals surface area contributed by atoms with E-state index in [1.54, 1.807) is 6.92 Å². The van der Waals surface area contributed by atoms with Crippen LogP contribution in [-0.4, -0.2) is 30.2 Å². The summed E-state index contributed by atoms with van der Waals surface area (Å²) in [4.78, 5) is 22.1. The number of carboxylic acid groups (broad SMARTS) is 1. The standard InChI is InChI=1S/C13H24N2O3/c1-9-4-3-5-11(6-9)8-15-13(18)14-7-10(2)12(16)17/h9-11H,3-8H2,1-2H3,(H,16,17)(H2,14,15,18). The van der Waals surface area contributed by atoms with E-state index in [2.05, 4.69) is 17.6 Å². The maximum Gasteiger partial charge on any atom is 0.314 e. The summed E-state index contributed by atoms with van der Waals surface area (Å²) in [6.07, 6.45) is 4.88. The zero-order valence-corrected chi connectivity index (χ0v) is 11.2. The van der Waals surface area contributed by atoms with Crippen molar-refractivity contribution in [2.45, 2.75) is 39.5 Å². The minimum Gasteiger partial charge on any atom is -0.481 e. The summed E-state index contributed by atoms with van der Waals surface area (Å²) in [5.41, 5.74) is 0. The van der Waals surface area contributed by atoms with Crippen molar-refractivity contribution in [3.05, 3.63) is 0 Å². The molecule has 104 valence electrons. The normalized spacial score (nSPS) is 25.2. The highest BCUT2D eigenvalue weighted by Crippen LogP contribution is 2.27. The molecule has 0 bridgehead atoms. The molecule has 0 radical (unpaired) electrons. The molecule has 18 heavy (non-hydrogen) atoms. The predicted octanol–water partition coefficient (Wildman–Crippen LogP) is 1.83. The van der Waals surface area contributed by atoms with E-state index in [1.807, 2.05) is 0 Å². The van der Waals surface area contributed by atoms with Gasteiger partial charge >= 0.3 is 12.0 Å². The summed E-state index contributed by atoms with van der Waals surface area (Å²) in [6.45, 7) is 4.69. The van der Waals surface area contributed by atoms with Crippen LogP contribution in [0.25, 0.3) is 0 Å². The lowest BCUT2D eigenvalue weighted by Crippen LogP contribution is -2.41. The molecule has 0 spiro atoms. The third kappa shape index (κ3) is 5.38. The van der Waals surface area contributed by atoms with Gasteiger partial charge in [-0.3, -0.25) is 4.79 Å². The molecule has 0 aromatic carbocycles. The zero-order chi connectivity index (χ0) is 13.5. The summed E-state index contributed by atoms with van der Waals surface area (Å²) < 4.78 is 0. The van der Waals surface area contributed by atoms with Gasteiger partial charge in [0.1, 0.15) is 0 Å². The van der Waals surface area contributed by atoms with Crippen LogP contribution in [-0.2, 0) is 4.79 Å². The quantitative estimate of drug-likeness (QED) is 0.702. The van der Waals surface area contributed by atoms with Crippen LogP contribution >= 0.6 is 0 Å². The maximum absolute atomic E-state index is 11.5. The number of carbonyl (C=O) groups excluding carboxylic acids is 1. The lowest BCUT2D eigenvalue weighted by atomic mass is 9.82. The molecule has 0 aromatic heterocycles. The Bertz CT molecular complexity index is 294. The molecule has 5 nitrogen and oxygen atoms in total. The molecule has 1 rings (SSSR count). The van der Waals surface area contributed by atoms with Crippen molar-refractivity contribution in [3.63, 3.8) is 0 Å². The lowest BCUT2D eigenvalue weighted by Gasteiger charge is -2.26. The molecule has 2 amide bonds. The van der Waals surface area contributed by atoms with Gasteiger partial charge in [0.05, 0.1) is 5.92 Å². The zero-order valence-electron chi connectivity index (χ0n) is 11.2. The molecule has 1 aliphatic rings. The van der Waals surface area contributed by atoms with Crippen molar-refractivity contribution >= 4 is 12.0 Å². The fraction of sp³-hybridized carbons (Fsp3) is 0.846. The molecule has 1 saturated carbocycles. The maximum atomic E-state index is 11.5. The number of carboxylic acids is 1. The number of nitrogens with one attached hydrogen (secondary N) is 2. The second kappa shape index (κ2) is 7.24. The topological polar surface area (TPSA) is 78.4 Å². The van der Waals surface area contributed by atoms with Crippen LogP contribution in [0.3, 0.4) is 0 Å². The SMILES string of the molecule is CC1CCCC(CNC(=O)NCC(C)C(=O)O)C1. The Hall–Kier alpha value is -1.26. The van der Waals surface area contributed by atoms with Gasteiger partial charge in [-0.1, -0.05) is 26.7 Å². The monoisotopic (exact) mass is 256 g/mol. The van der Waals surface area contributed by atoms with Crippen LogP contribution in [0, 0.1) is 17.8 Å². The average molecular weight is 256 g/mol. The summed E-state index contributed by atoms with van der Waals surface area (Å²) in [5, 5.41) is 14.1. The molecule has 3 N–H and O–H groups in total. The highest BCUT2D eigenvalue weighted by molar-refractivity contribution is 5.75. The summed E-state index contributed by atoms with van der Waals surface area (Å²) in [6, 6.07) is -0.263. The Kier molecular flexibility index (Phi) is 5.95. The Morgan fingerprint density at radius 1 is 1.33 bits per heavy atom. The van der Waals surface area contributed by atoms with Crippen LogP contribution in [0.1, 0.15) is 39.5 Å². The molecule has 5 heteroatoms. The first kappa shape index (κ1) is 14.8. The molecule has 0 saturated heterocycles. The van der Waals surface area contributed by atoms with Gasteiger partial charge < -0.3 is 15.7 Å². The van der Waals surface area contributed by atoms with Crippen molar-refractivity contribution in [2.24, 2.45) is 17.8 Å². The van der Waals surface area contributed by atoms with E-state index in [4.69, 9.17) is 5.11 Å². The number of hydrogen-bond donors (Lipinski definition) is 3. The number of carbonyl (C=O) groups is 2. The summed E-state index contributed by atoms with van der Waals surface area (Å²) in [5.74, 6) is -0.126. The Morgan fingerprint density at radius 3 is 2.67 bits per heavy atom. The number of rotatable bonds is 5. The highest BCUT2D eigenvalue weighted by Gasteiger charge is 2.19. The van der Waals surface area contributed by atoms with Gasteiger partial charge in [0.25, 0.3) is 0 Å². The van der Waals surface area contributed by atoms with E-state index in [1.165, 1.54) is 25.7 Å². The van der Waals surface area contributed by atoms with Crippen molar-refractivity contribution in [1.29, 1.82) is 0 Å². The van der Waals surface area contributed by atoms with Gasteiger partial charge in [0.15, 0.2) is 0 Å². The van der Waals surface area contributed by atoms with Gasteiger partial charge in [-0.2, -0.15) is 0 Å². The Morgan fingerprint density at radius 2 is 2.06 bits per heavy atom. The molecule has 3 atom stereocenters. The van der Waals surface area contributed by atoms with Crippen molar-refractivity contribution < 1.29 is 14.7 Å². The Labute approximate surface area is 108 Å². The first-order valence-corrected chi connectivity index (χ1v) is 6.73. The minimum atomic E-state index is -0.892. The lowest BCUT2D eigenvalue weighted by molar-refractivity contribution is -0.140. The van der Waals surface area contributed by atoms with E-state index in [0.717, 1.165) is 5.92 Å². The molecular formula is C13H24N2O3. The molecule has 3 unspecified atom stereocenters. The van der Waals surface area contributed by atoms with Gasteiger partial charge in [0, 0.05) is 13.1 Å². The summed E-state index contributed by atoms with van der Waals surface area (Å²) in [7, 11) is 0. The molecule has 0 aromatic rings. The van der Waals surface area contributed by atoms with E-state index in [0.29, 0.717) is 12.5 Å². The van der Waals surface area contributed by atoms with E-state index in [9.17, 15) is 9.59 Å². The van der Waals surface area contributed by atoms with Crippen LogP contribution in [0.2, 0.25) is 0 Å². The smallest absolute Gasteiger partial charge is 0.314 e. The molecule has 1 fully saturated rings. The molecule has 0 heterocycles. The van der Waals surface area contributed by atoms with Crippen LogP contribution in [0.15, 0.2) is 0 Å². The van der Waals surface area contributed by atoms with Crippen LogP contribution in [0.5, 0.6) is 0 Å². The molecular weight excluding hydrogens is 232 g/mol. The first-order valence-electron chi connectivity index (χ1n) is 6.73. The third-order valence-corrected chi connectivity index (χ3v) is 3.59. The average Bonchev–Trinajstić information content (AvgIpc) is 2.33. The minimum absolute atomic E-state index is 0.169. The fourth-order valence-corrected chi connectivity index (χ4v) is 2.38. The predicted molar refractivity (Wildman–Crippen MR) is 69.3 cm³/mol. The van der Waals surface area contributed by atoms with Gasteiger partial charge in [0.2, 0.25) is 0 Å². The fourth-order valence-electron chi connectivity index (χ4n) is 2.38. The van der Waals surface area contributed by atoms with E-state index >= 15 is 0 Å². The Balaban J connectivity index is 2.14. The number of hydrogen-bond acceptors (Lipinski definition) is 2. The van der Waals surface area contributed by atoms with Crippen LogP contribution in [0.4, 0.5) is 4.79 Å². The highest BCUT2D eigenvalue weighted by atomic mass is 16.4. The van der Waals surface area contributed by atoms with E-state index < -0.39 is 11.9 Å². The second-order valence-corrected chi connectivity index (χ2v) is 5.47. The first-order chi connectivity index (χ1) is 8.49. The van der Waals surface area contributed by atoms with Crippen molar-refractivity contribution in [3.8, 4) is 0 Å². The van der Waals surface area contributed by atoms with Gasteiger partial charge in [-0.05, 0) is 24.7 Å². The number of aliphatic carboxylic acids is 1. The number of amides is 2. The second-order valence-electron chi connectivity index (χ2n) is 5.47. The van der Waals surface area contributed by atoms with Crippen LogP contribution < -0.4 is 10.6 Å². The molecule has 0 aliphatic heterocycles. The van der Waals surface area contributed by atoms with E-state index in [-0.39, 0.29) is 12.6 Å². The van der Waals surface area contributed by atoms with Gasteiger partial charge in [-0.25, -0.2) is 4.79 Å². The largest absolute Gasteiger partial charge is 0.481 e. The van der Waals surface area contributed by atoms with Crippen molar-refractivity contribution in [1.82, 2.24) is 10.6 Å². The van der Waals surface area contributed by atoms with Gasteiger partial charge in [-0.15, -0.1) is 0 Å². The van der Waals surface area contributed by atoms with Crippen molar-refractivity contribution in [2.75, 3.05) is 13.1 Å². The molecule has 1 aliphatic carbocycles.